The fraction of sp³-hybridized carbons (Fsp3) is 0.556. The molecule has 1 aliphatic carbocycles. The van der Waals surface area contributed by atoms with Crippen LogP contribution in [0.3, 0.4) is 0 Å². The standard InChI is InChI=1S/C18H22FN2O3/c1-12-6-9-21(10-11-21)16(12)24-14-5-7-18(19,17(22)23-2)13-4-3-8-20-15(13)14/h3-4,8,14H,5-7,9-11H2,1-2H3/q+1/t14-,18-/m0/s1. The number of aromatic nitrogens is 1. The van der Waals surface area contributed by atoms with Crippen molar-refractivity contribution in [3.63, 3.8) is 0 Å². The van der Waals surface area contributed by atoms with Crippen molar-refractivity contribution in [1.82, 2.24) is 4.98 Å². The summed E-state index contributed by atoms with van der Waals surface area (Å²) in [6, 6.07) is 3.27. The number of fused-ring (bicyclic) bond motifs is 1. The molecule has 4 rings (SSSR count). The van der Waals surface area contributed by atoms with Gasteiger partial charge in [0.25, 0.3) is 5.88 Å². The number of hydrogen-bond donors (Lipinski definition) is 0. The highest BCUT2D eigenvalue weighted by Crippen LogP contribution is 2.48. The Morgan fingerprint density at radius 3 is 2.92 bits per heavy atom. The molecule has 24 heavy (non-hydrogen) atoms. The molecule has 5 nitrogen and oxygen atoms in total. The molecule has 0 saturated carbocycles. The minimum atomic E-state index is -2.14. The topological polar surface area (TPSA) is 48.4 Å². The van der Waals surface area contributed by atoms with Gasteiger partial charge in [-0.15, -0.1) is 0 Å². The first-order valence-corrected chi connectivity index (χ1v) is 8.46. The molecular weight excluding hydrogens is 311 g/mol. The second-order valence-electron chi connectivity index (χ2n) is 7.03. The number of nitrogens with zero attached hydrogens (tertiary/aromatic N) is 2. The molecule has 1 aromatic rings. The molecule has 0 bridgehead atoms. The number of hydrogen-bond acceptors (Lipinski definition) is 4. The van der Waals surface area contributed by atoms with E-state index in [4.69, 9.17) is 4.74 Å². The van der Waals surface area contributed by atoms with Crippen molar-refractivity contribution in [2.75, 3.05) is 26.7 Å². The lowest BCUT2D eigenvalue weighted by Crippen LogP contribution is -2.38. The number of methoxy groups -OCH3 is 1. The summed E-state index contributed by atoms with van der Waals surface area (Å²) in [5.74, 6) is 0.168. The molecule has 0 radical (unpaired) electrons. The summed E-state index contributed by atoms with van der Waals surface area (Å²) in [4.78, 5) is 16.3. The van der Waals surface area contributed by atoms with E-state index in [1.165, 1.54) is 12.7 Å². The number of carbonyl (C=O) groups excluding carboxylic acids is 1. The van der Waals surface area contributed by atoms with Crippen LogP contribution in [0, 0.1) is 0 Å². The Hall–Kier alpha value is -1.95. The zero-order valence-electron chi connectivity index (χ0n) is 14.0. The molecule has 0 unspecified atom stereocenters. The SMILES string of the molecule is COC(=O)[C@]1(F)CC[C@H](OC2=C(C)CC[N+]23CC3)c2ncccc21. The summed E-state index contributed by atoms with van der Waals surface area (Å²) in [6.45, 7) is 5.43. The molecule has 2 atom stereocenters. The summed E-state index contributed by atoms with van der Waals surface area (Å²) in [7, 11) is 1.21. The molecule has 1 spiro atoms. The van der Waals surface area contributed by atoms with E-state index >= 15 is 4.39 Å². The van der Waals surface area contributed by atoms with E-state index < -0.39 is 11.6 Å². The van der Waals surface area contributed by atoms with Gasteiger partial charge in [0, 0.05) is 30.2 Å². The first kappa shape index (κ1) is 15.6. The van der Waals surface area contributed by atoms with Crippen LogP contribution in [0.1, 0.15) is 43.5 Å². The van der Waals surface area contributed by atoms with E-state index in [1.54, 1.807) is 18.3 Å². The van der Waals surface area contributed by atoms with E-state index in [0.717, 1.165) is 36.4 Å². The summed E-state index contributed by atoms with van der Waals surface area (Å²) in [5, 5.41) is 0. The van der Waals surface area contributed by atoms with Crippen LogP contribution in [-0.2, 0) is 19.9 Å². The van der Waals surface area contributed by atoms with Gasteiger partial charge in [-0.25, -0.2) is 9.18 Å². The Balaban J connectivity index is 1.68. The van der Waals surface area contributed by atoms with Gasteiger partial charge in [-0.1, -0.05) is 6.07 Å². The van der Waals surface area contributed by atoms with Crippen LogP contribution in [0.2, 0.25) is 0 Å². The molecule has 6 heteroatoms. The van der Waals surface area contributed by atoms with E-state index in [1.807, 2.05) is 0 Å². The van der Waals surface area contributed by atoms with Crippen molar-refractivity contribution in [2.45, 2.75) is 38.0 Å². The highest BCUT2D eigenvalue weighted by atomic mass is 19.1. The van der Waals surface area contributed by atoms with Gasteiger partial charge in [-0.3, -0.25) is 9.47 Å². The van der Waals surface area contributed by atoms with E-state index in [-0.39, 0.29) is 18.1 Å². The maximum atomic E-state index is 15.3. The molecular formula is C18H22FN2O3+. The van der Waals surface area contributed by atoms with Crippen molar-refractivity contribution in [1.29, 1.82) is 0 Å². The van der Waals surface area contributed by atoms with Crippen LogP contribution in [0.15, 0.2) is 29.8 Å². The first-order valence-electron chi connectivity index (χ1n) is 8.46. The van der Waals surface area contributed by atoms with Crippen molar-refractivity contribution in [3.8, 4) is 0 Å². The van der Waals surface area contributed by atoms with Gasteiger partial charge in [0.2, 0.25) is 5.67 Å². The second kappa shape index (κ2) is 5.28. The number of halogens is 1. The van der Waals surface area contributed by atoms with Gasteiger partial charge in [-0.05, 0) is 19.4 Å². The zero-order valence-corrected chi connectivity index (χ0v) is 14.0. The van der Waals surface area contributed by atoms with Gasteiger partial charge >= 0.3 is 5.97 Å². The molecule has 0 N–H and O–H groups in total. The first-order chi connectivity index (χ1) is 11.5. The molecule has 1 fully saturated rings. The molecule has 128 valence electrons. The average molecular weight is 333 g/mol. The second-order valence-corrected chi connectivity index (χ2v) is 7.03. The van der Waals surface area contributed by atoms with Gasteiger partial charge < -0.3 is 9.47 Å². The van der Waals surface area contributed by atoms with E-state index in [9.17, 15) is 4.79 Å². The van der Waals surface area contributed by atoms with E-state index in [0.29, 0.717) is 12.1 Å². The Labute approximate surface area is 140 Å². The van der Waals surface area contributed by atoms with Crippen LogP contribution < -0.4 is 0 Å². The normalized spacial score (nSPS) is 30.2. The van der Waals surface area contributed by atoms with Crippen molar-refractivity contribution in [3.05, 3.63) is 41.0 Å². The third kappa shape index (κ3) is 2.16. The quantitative estimate of drug-likeness (QED) is 0.485. The Morgan fingerprint density at radius 1 is 1.42 bits per heavy atom. The largest absolute Gasteiger partial charge is 0.466 e. The minimum Gasteiger partial charge on any atom is -0.466 e. The van der Waals surface area contributed by atoms with Crippen molar-refractivity contribution >= 4 is 5.97 Å². The van der Waals surface area contributed by atoms with Gasteiger partial charge in [0.1, 0.15) is 19.2 Å². The van der Waals surface area contributed by atoms with Gasteiger partial charge in [-0.2, -0.15) is 0 Å². The lowest BCUT2D eigenvalue weighted by molar-refractivity contribution is -0.771. The maximum absolute atomic E-state index is 15.3. The summed E-state index contributed by atoms with van der Waals surface area (Å²) >= 11 is 0. The Morgan fingerprint density at radius 2 is 2.21 bits per heavy atom. The fourth-order valence-electron chi connectivity index (χ4n) is 3.99. The van der Waals surface area contributed by atoms with Crippen LogP contribution >= 0.6 is 0 Å². The molecule has 0 aromatic carbocycles. The lowest BCUT2D eigenvalue weighted by Gasteiger charge is -2.34. The van der Waals surface area contributed by atoms with Crippen molar-refractivity contribution in [2.24, 2.45) is 0 Å². The van der Waals surface area contributed by atoms with E-state index in [2.05, 4.69) is 16.6 Å². The molecule has 2 aliphatic heterocycles. The zero-order chi connectivity index (χ0) is 16.9. The Kier molecular flexibility index (Phi) is 3.42. The Bertz CT molecular complexity index is 729. The smallest absolute Gasteiger partial charge is 0.348 e. The minimum absolute atomic E-state index is 0.0510. The van der Waals surface area contributed by atoms with Gasteiger partial charge in [0.05, 0.1) is 19.3 Å². The summed E-state index contributed by atoms with van der Waals surface area (Å²) < 4.78 is 27.2. The maximum Gasteiger partial charge on any atom is 0.348 e. The number of rotatable bonds is 3. The van der Waals surface area contributed by atoms with Crippen LogP contribution in [0.25, 0.3) is 0 Å². The fourth-order valence-corrected chi connectivity index (χ4v) is 3.99. The molecule has 1 saturated heterocycles. The molecule has 3 aliphatic rings. The molecule has 1 aromatic heterocycles. The van der Waals surface area contributed by atoms with Crippen LogP contribution in [0.5, 0.6) is 0 Å². The summed E-state index contributed by atoms with van der Waals surface area (Å²) in [5.41, 5.74) is -0.0655. The monoisotopic (exact) mass is 333 g/mol. The molecule has 0 amide bonds. The number of alkyl halides is 1. The van der Waals surface area contributed by atoms with Crippen LogP contribution in [0.4, 0.5) is 4.39 Å². The highest BCUT2D eigenvalue weighted by molar-refractivity contribution is 5.82. The predicted octanol–water partition coefficient (Wildman–Crippen LogP) is 2.74. The number of quaternary nitrogens is 1. The molecule has 3 heterocycles. The average Bonchev–Trinajstić information content (AvgIpc) is 3.33. The summed E-state index contributed by atoms with van der Waals surface area (Å²) in [6.07, 6.45) is 2.82. The highest BCUT2D eigenvalue weighted by Gasteiger charge is 2.55. The third-order valence-corrected chi connectivity index (χ3v) is 5.56. The number of carbonyl (C=O) groups is 1. The van der Waals surface area contributed by atoms with Crippen molar-refractivity contribution < 1.29 is 23.1 Å². The number of esters is 1. The van der Waals surface area contributed by atoms with Crippen LogP contribution in [-0.4, -0.2) is 42.2 Å². The number of pyridine rings is 1. The predicted molar refractivity (Wildman–Crippen MR) is 84.3 cm³/mol. The third-order valence-electron chi connectivity index (χ3n) is 5.56. The van der Waals surface area contributed by atoms with Gasteiger partial charge in [0.15, 0.2) is 0 Å². The lowest BCUT2D eigenvalue weighted by atomic mass is 9.81. The number of ether oxygens (including phenoxy) is 2.